The topological polar surface area (TPSA) is 70.3 Å². The maximum Gasteiger partial charge on any atom is 0.160 e. The van der Waals surface area contributed by atoms with Gasteiger partial charge in [-0.2, -0.15) is 5.26 Å². The molecule has 0 bridgehead atoms. The Labute approximate surface area is 87.7 Å². The number of hydrogen-bond donors (Lipinski definition) is 1. The summed E-state index contributed by atoms with van der Waals surface area (Å²) in [7, 11) is 1.44. The average molecular weight is 205 g/mol. The number of ether oxygens (including phenoxy) is 1. The third kappa shape index (κ3) is 2.14. The molecular formula is C11H11NO3. The summed E-state index contributed by atoms with van der Waals surface area (Å²) < 4.78 is 4.97. The fourth-order valence-electron chi connectivity index (χ4n) is 1.34. The summed E-state index contributed by atoms with van der Waals surface area (Å²) >= 11 is 0. The lowest BCUT2D eigenvalue weighted by Crippen LogP contribution is -2.02. The van der Waals surface area contributed by atoms with Crippen molar-refractivity contribution in [3.8, 4) is 11.8 Å². The molecule has 4 heteroatoms. The van der Waals surface area contributed by atoms with E-state index in [0.717, 1.165) is 0 Å². The molecule has 0 aromatic heterocycles. The number of benzene rings is 1. The molecule has 15 heavy (non-hydrogen) atoms. The van der Waals surface area contributed by atoms with Crippen LogP contribution in [0, 0.1) is 11.3 Å². The zero-order valence-electron chi connectivity index (χ0n) is 8.57. The van der Waals surface area contributed by atoms with E-state index in [1.807, 2.05) is 6.07 Å². The fourth-order valence-corrected chi connectivity index (χ4v) is 1.34. The smallest absolute Gasteiger partial charge is 0.160 e. The van der Waals surface area contributed by atoms with E-state index in [9.17, 15) is 4.79 Å². The molecule has 0 heterocycles. The quantitative estimate of drug-likeness (QED) is 0.754. The van der Waals surface area contributed by atoms with E-state index in [1.165, 1.54) is 26.2 Å². The molecule has 0 aliphatic heterocycles. The SMILES string of the molecule is COc1cc(CO)c(C(C)=O)cc1C#N. The minimum atomic E-state index is -0.253. The van der Waals surface area contributed by atoms with Crippen LogP contribution in [0.4, 0.5) is 0 Å². The summed E-state index contributed by atoms with van der Waals surface area (Å²) in [5.41, 5.74) is 1.12. The molecule has 0 amide bonds. The predicted octanol–water partition coefficient (Wildman–Crippen LogP) is 1.26. The van der Waals surface area contributed by atoms with Gasteiger partial charge in [-0.15, -0.1) is 0 Å². The largest absolute Gasteiger partial charge is 0.495 e. The molecule has 0 spiro atoms. The first-order chi connectivity index (χ1) is 7.13. The number of nitriles is 1. The summed E-state index contributed by atoms with van der Waals surface area (Å²) in [6, 6.07) is 4.88. The molecule has 0 aliphatic rings. The number of ketones is 1. The number of carbonyl (C=O) groups is 1. The molecular weight excluding hydrogens is 194 g/mol. The van der Waals surface area contributed by atoms with Crippen LogP contribution in [0.5, 0.6) is 5.75 Å². The van der Waals surface area contributed by atoms with Gasteiger partial charge in [0.2, 0.25) is 0 Å². The molecule has 1 N–H and O–H groups in total. The average Bonchev–Trinajstić information content (AvgIpc) is 2.26. The van der Waals surface area contributed by atoms with E-state index < -0.39 is 0 Å². The summed E-state index contributed by atoms with van der Waals surface area (Å²) in [6.45, 7) is 1.14. The number of rotatable bonds is 3. The van der Waals surface area contributed by atoms with Gasteiger partial charge in [0.05, 0.1) is 19.3 Å². The maximum atomic E-state index is 11.2. The summed E-state index contributed by atoms with van der Waals surface area (Å²) in [6.07, 6.45) is 0. The van der Waals surface area contributed by atoms with Crippen LogP contribution in [0.15, 0.2) is 12.1 Å². The Morgan fingerprint density at radius 3 is 2.67 bits per heavy atom. The van der Waals surface area contributed by atoms with Gasteiger partial charge in [-0.25, -0.2) is 0 Å². The maximum absolute atomic E-state index is 11.2. The number of methoxy groups -OCH3 is 1. The van der Waals surface area contributed by atoms with Crippen molar-refractivity contribution in [2.24, 2.45) is 0 Å². The number of aliphatic hydroxyl groups excluding tert-OH is 1. The molecule has 0 unspecified atom stereocenters. The van der Waals surface area contributed by atoms with Gasteiger partial charge in [0.15, 0.2) is 5.78 Å². The molecule has 4 nitrogen and oxygen atoms in total. The zero-order chi connectivity index (χ0) is 11.4. The van der Waals surface area contributed by atoms with Gasteiger partial charge in [0, 0.05) is 5.56 Å². The Morgan fingerprint density at radius 2 is 2.27 bits per heavy atom. The lowest BCUT2D eigenvalue weighted by atomic mass is 10.0. The van der Waals surface area contributed by atoms with E-state index in [1.54, 1.807) is 0 Å². The van der Waals surface area contributed by atoms with Crippen LogP contribution in [-0.2, 0) is 6.61 Å². The van der Waals surface area contributed by atoms with Crippen LogP contribution in [0.25, 0.3) is 0 Å². The lowest BCUT2D eigenvalue weighted by Gasteiger charge is -2.08. The van der Waals surface area contributed by atoms with Gasteiger partial charge >= 0.3 is 0 Å². The highest BCUT2D eigenvalue weighted by atomic mass is 16.5. The van der Waals surface area contributed by atoms with Gasteiger partial charge in [0.25, 0.3) is 0 Å². The Bertz CT molecular complexity index is 432. The van der Waals surface area contributed by atoms with E-state index in [0.29, 0.717) is 22.4 Å². The Morgan fingerprint density at radius 1 is 1.60 bits per heavy atom. The number of Topliss-reactive ketones (excluding diaryl/α,β-unsaturated/α-hetero) is 1. The standard InChI is InChI=1S/C11H11NO3/c1-7(14)10-3-8(5-12)11(15-2)4-9(10)6-13/h3-4,13H,6H2,1-2H3. The normalized spacial score (nSPS) is 9.47. The van der Waals surface area contributed by atoms with Crippen LogP contribution < -0.4 is 4.74 Å². The van der Waals surface area contributed by atoms with E-state index >= 15 is 0 Å². The molecule has 0 saturated heterocycles. The van der Waals surface area contributed by atoms with Crippen molar-refractivity contribution < 1.29 is 14.6 Å². The number of hydrogen-bond acceptors (Lipinski definition) is 4. The van der Waals surface area contributed by atoms with E-state index in [-0.39, 0.29) is 12.4 Å². The third-order valence-corrected chi connectivity index (χ3v) is 2.10. The van der Waals surface area contributed by atoms with Gasteiger partial charge in [-0.1, -0.05) is 0 Å². The fraction of sp³-hybridized carbons (Fsp3) is 0.273. The van der Waals surface area contributed by atoms with Crippen LogP contribution in [0.3, 0.4) is 0 Å². The highest BCUT2D eigenvalue weighted by Crippen LogP contribution is 2.23. The summed E-state index contributed by atoms with van der Waals surface area (Å²) in [4.78, 5) is 11.2. The van der Waals surface area contributed by atoms with Crippen LogP contribution in [0.2, 0.25) is 0 Å². The predicted molar refractivity (Wildman–Crippen MR) is 53.6 cm³/mol. The van der Waals surface area contributed by atoms with Gasteiger partial charge in [-0.05, 0) is 24.6 Å². The zero-order valence-corrected chi connectivity index (χ0v) is 8.57. The molecule has 0 aliphatic carbocycles. The molecule has 0 fully saturated rings. The van der Waals surface area contributed by atoms with Crippen LogP contribution in [0.1, 0.15) is 28.4 Å². The Balaban J connectivity index is 3.42. The molecule has 1 aromatic carbocycles. The minimum absolute atomic E-state index is 0.182. The van der Waals surface area contributed by atoms with Crippen molar-refractivity contribution in [2.75, 3.05) is 7.11 Å². The van der Waals surface area contributed by atoms with Crippen molar-refractivity contribution in [1.29, 1.82) is 5.26 Å². The first-order valence-corrected chi connectivity index (χ1v) is 4.36. The van der Waals surface area contributed by atoms with Gasteiger partial charge in [0.1, 0.15) is 11.8 Å². The lowest BCUT2D eigenvalue weighted by molar-refractivity contribution is 0.101. The van der Waals surface area contributed by atoms with Crippen molar-refractivity contribution in [1.82, 2.24) is 0 Å². The third-order valence-electron chi connectivity index (χ3n) is 2.10. The number of carbonyl (C=O) groups excluding carboxylic acids is 1. The van der Waals surface area contributed by atoms with Gasteiger partial charge < -0.3 is 9.84 Å². The highest BCUT2D eigenvalue weighted by Gasteiger charge is 2.12. The van der Waals surface area contributed by atoms with Crippen LogP contribution in [-0.4, -0.2) is 18.0 Å². The van der Waals surface area contributed by atoms with Crippen molar-refractivity contribution in [3.63, 3.8) is 0 Å². The van der Waals surface area contributed by atoms with E-state index in [2.05, 4.69) is 0 Å². The van der Waals surface area contributed by atoms with Crippen molar-refractivity contribution in [2.45, 2.75) is 13.5 Å². The minimum Gasteiger partial charge on any atom is -0.495 e. The second-order valence-corrected chi connectivity index (χ2v) is 3.04. The van der Waals surface area contributed by atoms with Gasteiger partial charge in [-0.3, -0.25) is 4.79 Å². The molecule has 0 saturated carbocycles. The van der Waals surface area contributed by atoms with Crippen LogP contribution >= 0.6 is 0 Å². The second-order valence-electron chi connectivity index (χ2n) is 3.04. The van der Waals surface area contributed by atoms with Crippen molar-refractivity contribution in [3.05, 3.63) is 28.8 Å². The van der Waals surface area contributed by atoms with E-state index in [4.69, 9.17) is 15.1 Å². The second kappa shape index (κ2) is 4.58. The molecule has 0 atom stereocenters. The Hall–Kier alpha value is -1.86. The monoisotopic (exact) mass is 205 g/mol. The van der Waals surface area contributed by atoms with Crippen molar-refractivity contribution >= 4 is 5.78 Å². The first kappa shape index (κ1) is 11.2. The Kier molecular flexibility index (Phi) is 3.42. The molecule has 0 radical (unpaired) electrons. The number of nitrogens with zero attached hydrogens (tertiary/aromatic N) is 1. The summed E-state index contributed by atoms with van der Waals surface area (Å²) in [5, 5.41) is 17.9. The molecule has 1 rings (SSSR count). The number of aliphatic hydroxyl groups is 1. The summed E-state index contributed by atoms with van der Waals surface area (Å²) in [5.74, 6) is 0.185. The molecule has 78 valence electrons. The molecule has 1 aromatic rings. The highest BCUT2D eigenvalue weighted by molar-refractivity contribution is 5.96. The first-order valence-electron chi connectivity index (χ1n) is 4.36.